The molecule has 2 heterocycles. The van der Waals surface area contributed by atoms with E-state index in [1.54, 1.807) is 18.3 Å². The summed E-state index contributed by atoms with van der Waals surface area (Å²) >= 11 is 0. The van der Waals surface area contributed by atoms with E-state index in [2.05, 4.69) is 34.1 Å². The van der Waals surface area contributed by atoms with Crippen LogP contribution in [0.4, 0.5) is 18.9 Å². The van der Waals surface area contributed by atoms with Gasteiger partial charge in [-0.3, -0.25) is 4.98 Å². The van der Waals surface area contributed by atoms with E-state index in [0.29, 0.717) is 53.2 Å². The van der Waals surface area contributed by atoms with Crippen molar-refractivity contribution in [3.05, 3.63) is 58.9 Å². The molecule has 0 amide bonds. The third-order valence-corrected chi connectivity index (χ3v) is 6.95. The predicted molar refractivity (Wildman–Crippen MR) is 160 cm³/mol. The molecule has 1 unspecified atom stereocenters. The van der Waals surface area contributed by atoms with Crippen LogP contribution in [-0.4, -0.2) is 72.6 Å². The maximum atomic E-state index is 14.1. The number of aryl methyl sites for hydroxylation is 1. The number of rotatable bonds is 8. The number of hydrogen-bond acceptors (Lipinski definition) is 8. The maximum absolute atomic E-state index is 14.1. The smallest absolute Gasteiger partial charge is 0.398 e. The highest BCUT2D eigenvalue weighted by Crippen LogP contribution is 2.43. The van der Waals surface area contributed by atoms with Crippen molar-refractivity contribution in [3.8, 4) is 11.3 Å². The van der Waals surface area contributed by atoms with E-state index >= 15 is 0 Å². The van der Waals surface area contributed by atoms with Crippen LogP contribution < -0.4 is 16.4 Å². The van der Waals surface area contributed by atoms with E-state index in [9.17, 15) is 18.3 Å². The largest absolute Gasteiger partial charge is 0.418 e. The summed E-state index contributed by atoms with van der Waals surface area (Å²) in [5, 5.41) is 25.1. The minimum Gasteiger partial charge on any atom is -0.398 e. The molecule has 0 radical (unpaired) electrons. The van der Waals surface area contributed by atoms with E-state index < -0.39 is 17.8 Å². The molecule has 0 bridgehead atoms. The van der Waals surface area contributed by atoms with Gasteiger partial charge >= 0.3 is 6.18 Å². The highest BCUT2D eigenvalue weighted by molar-refractivity contribution is 6.14. The number of pyridine rings is 2. The Balaban J connectivity index is 0.00000108. The first-order valence-corrected chi connectivity index (χ1v) is 13.6. The average Bonchev–Trinajstić information content (AvgIpc) is 2.91. The number of nitrogens with two attached hydrogens (primary N) is 1. The summed E-state index contributed by atoms with van der Waals surface area (Å²) in [6.07, 6.45) is -2.79. The lowest BCUT2D eigenvalue weighted by molar-refractivity contribution is -0.136. The van der Waals surface area contributed by atoms with E-state index in [1.165, 1.54) is 6.92 Å². The Morgan fingerprint density at radius 3 is 2.49 bits per heavy atom. The van der Waals surface area contributed by atoms with Crippen molar-refractivity contribution in [3.63, 3.8) is 0 Å². The lowest BCUT2D eigenvalue weighted by Crippen LogP contribution is -2.25. The van der Waals surface area contributed by atoms with Gasteiger partial charge in [-0.2, -0.15) is 13.2 Å². The molecule has 0 fully saturated rings. The van der Waals surface area contributed by atoms with Gasteiger partial charge in [-0.15, -0.1) is 0 Å². The molecule has 41 heavy (non-hydrogen) atoms. The monoisotopic (exact) mass is 571 g/mol. The van der Waals surface area contributed by atoms with Crippen LogP contribution in [0.15, 0.2) is 31.0 Å². The molecule has 2 aromatic heterocycles. The Bertz CT molecular complexity index is 1400. The van der Waals surface area contributed by atoms with Gasteiger partial charge in [0.2, 0.25) is 0 Å². The van der Waals surface area contributed by atoms with Crippen molar-refractivity contribution >= 4 is 28.0 Å². The lowest BCUT2D eigenvalue weighted by atomic mass is 9.82. The Kier molecular flexibility index (Phi) is 10.5. The fourth-order valence-corrected chi connectivity index (χ4v) is 4.81. The van der Waals surface area contributed by atoms with Gasteiger partial charge in [-0.25, -0.2) is 4.98 Å². The molecule has 0 saturated carbocycles. The highest BCUT2D eigenvalue weighted by atomic mass is 19.4. The highest BCUT2D eigenvalue weighted by Gasteiger charge is 2.37. The van der Waals surface area contributed by atoms with Crippen LogP contribution in [-0.2, 0) is 19.0 Å². The van der Waals surface area contributed by atoms with Crippen LogP contribution in [0.25, 0.3) is 27.9 Å². The van der Waals surface area contributed by atoms with E-state index in [-0.39, 0.29) is 34.3 Å². The quantitative estimate of drug-likeness (QED) is 0.200. The molecule has 4 rings (SSSR count). The molecular formula is C30H40F3N7O. The third kappa shape index (κ3) is 7.41. The number of aliphatic hydroxyl groups is 1. The van der Waals surface area contributed by atoms with Crippen molar-refractivity contribution in [1.82, 2.24) is 25.5 Å². The second-order valence-electron chi connectivity index (χ2n) is 10.4. The van der Waals surface area contributed by atoms with E-state index in [1.807, 2.05) is 26.0 Å². The van der Waals surface area contributed by atoms with Crippen LogP contribution >= 0.6 is 0 Å². The SMILES string of the molecule is C=C(NCCN(C)C)c1ccc(-c2nc3c(C(F)(F)F)cc(N)c(C(C)=N)c3c3c2CC(O)CC3)cn1.CCNC. The zero-order chi connectivity index (χ0) is 30.5. The standard InChI is InChI=1S/C27H31F3N6O.C3H9N/c1-14(31)23-21(32)12-20(27(28,29)30)26-24(23)18-7-6-17(37)11-19(18)25(35-26)16-5-8-22(34-13-16)15(2)33-9-10-36(3)4;1-3-4-2/h5,8,12-13,17,31,33,37H,2,6-7,9-11,32H2,1,3-4H3;4H,3H2,1-2H3. The molecule has 0 spiro atoms. The second-order valence-corrected chi connectivity index (χ2v) is 10.4. The third-order valence-electron chi connectivity index (χ3n) is 6.95. The number of hydrogen-bond donors (Lipinski definition) is 5. The van der Waals surface area contributed by atoms with Gasteiger partial charge in [0, 0.05) is 53.6 Å². The first-order chi connectivity index (χ1) is 19.3. The summed E-state index contributed by atoms with van der Waals surface area (Å²) in [6, 6.07) is 4.36. The van der Waals surface area contributed by atoms with Crippen LogP contribution in [0.1, 0.15) is 48.2 Å². The minimum atomic E-state index is -4.69. The van der Waals surface area contributed by atoms with E-state index in [0.717, 1.165) is 19.2 Å². The average molecular weight is 572 g/mol. The maximum Gasteiger partial charge on any atom is 0.418 e. The number of nitrogens with one attached hydrogen (secondary N) is 3. The summed E-state index contributed by atoms with van der Waals surface area (Å²) in [5.41, 5.74) is 8.50. The van der Waals surface area contributed by atoms with Gasteiger partial charge in [-0.1, -0.05) is 13.5 Å². The molecule has 1 atom stereocenters. The molecular weight excluding hydrogens is 531 g/mol. The first-order valence-electron chi connectivity index (χ1n) is 13.6. The van der Waals surface area contributed by atoms with Gasteiger partial charge in [0.25, 0.3) is 0 Å². The van der Waals surface area contributed by atoms with Crippen LogP contribution in [0.2, 0.25) is 0 Å². The Morgan fingerprint density at radius 2 is 1.95 bits per heavy atom. The first kappa shape index (κ1) is 32.0. The van der Waals surface area contributed by atoms with Crippen molar-refractivity contribution in [2.45, 2.75) is 45.4 Å². The Hall–Kier alpha value is -3.54. The molecule has 8 nitrogen and oxygen atoms in total. The number of anilines is 1. The van der Waals surface area contributed by atoms with Crippen molar-refractivity contribution in [1.29, 1.82) is 5.41 Å². The Morgan fingerprint density at radius 1 is 1.27 bits per heavy atom. The van der Waals surface area contributed by atoms with Gasteiger partial charge < -0.3 is 31.8 Å². The molecule has 0 saturated heterocycles. The van der Waals surface area contributed by atoms with Crippen LogP contribution in [0.5, 0.6) is 0 Å². The number of nitrogen functional groups attached to an aromatic ring is 1. The fraction of sp³-hybridized carbons (Fsp3) is 0.433. The molecule has 0 aliphatic heterocycles. The number of halogens is 3. The molecule has 1 aliphatic carbocycles. The number of benzene rings is 1. The van der Waals surface area contributed by atoms with Crippen LogP contribution in [0.3, 0.4) is 0 Å². The van der Waals surface area contributed by atoms with Crippen molar-refractivity contribution in [2.24, 2.45) is 0 Å². The van der Waals surface area contributed by atoms with Gasteiger partial charge in [-0.05, 0) is 76.8 Å². The number of nitrogens with zero attached hydrogens (tertiary/aromatic N) is 3. The summed E-state index contributed by atoms with van der Waals surface area (Å²) < 4.78 is 42.4. The summed E-state index contributed by atoms with van der Waals surface area (Å²) in [7, 11) is 5.87. The van der Waals surface area contributed by atoms with Gasteiger partial charge in [0.05, 0.1) is 34.3 Å². The summed E-state index contributed by atoms with van der Waals surface area (Å²) in [5.74, 6) is 0. The summed E-state index contributed by atoms with van der Waals surface area (Å²) in [4.78, 5) is 11.0. The molecule has 222 valence electrons. The lowest BCUT2D eigenvalue weighted by Gasteiger charge is -2.27. The normalized spacial score (nSPS) is 14.8. The Labute approximate surface area is 239 Å². The zero-order valence-corrected chi connectivity index (χ0v) is 24.3. The molecule has 11 heteroatoms. The number of aromatic nitrogens is 2. The minimum absolute atomic E-state index is 0.0606. The van der Waals surface area contributed by atoms with Gasteiger partial charge in [0.1, 0.15) is 0 Å². The second kappa shape index (κ2) is 13.4. The van der Waals surface area contributed by atoms with Crippen molar-refractivity contribution < 1.29 is 18.3 Å². The van der Waals surface area contributed by atoms with Gasteiger partial charge in [0.15, 0.2) is 0 Å². The number of fused-ring (bicyclic) bond motifs is 3. The number of likely N-dealkylation sites (N-methyl/N-ethyl adjacent to an activating group) is 1. The molecule has 3 aromatic rings. The predicted octanol–water partition coefficient (Wildman–Crippen LogP) is 4.48. The van der Waals surface area contributed by atoms with Crippen LogP contribution in [0, 0.1) is 5.41 Å². The fourth-order valence-electron chi connectivity index (χ4n) is 4.81. The molecule has 1 aromatic carbocycles. The topological polar surface area (TPSA) is 123 Å². The zero-order valence-electron chi connectivity index (χ0n) is 24.3. The number of alkyl halides is 3. The van der Waals surface area contributed by atoms with E-state index in [4.69, 9.17) is 11.1 Å². The summed E-state index contributed by atoms with van der Waals surface area (Å²) in [6.45, 7) is 10.2. The number of aliphatic hydroxyl groups excluding tert-OH is 1. The van der Waals surface area contributed by atoms with Crippen molar-refractivity contribution in [2.75, 3.05) is 46.5 Å². The molecule has 1 aliphatic rings. The molecule has 6 N–H and O–H groups in total.